The van der Waals surface area contributed by atoms with Crippen LogP contribution in [0.2, 0.25) is 5.02 Å². The highest BCUT2D eigenvalue weighted by Gasteiger charge is 2.27. The first-order valence-corrected chi connectivity index (χ1v) is 10.4. The lowest BCUT2D eigenvalue weighted by Gasteiger charge is -2.36. The molecule has 0 aliphatic carbocycles. The minimum Gasteiger partial charge on any atom is -0.492 e. The first-order chi connectivity index (χ1) is 14.6. The van der Waals surface area contributed by atoms with Gasteiger partial charge in [0.15, 0.2) is 5.69 Å². The van der Waals surface area contributed by atoms with Gasteiger partial charge in [0, 0.05) is 31.2 Å². The van der Waals surface area contributed by atoms with Crippen LogP contribution in [0.5, 0.6) is 5.75 Å². The van der Waals surface area contributed by atoms with E-state index >= 15 is 0 Å². The van der Waals surface area contributed by atoms with Gasteiger partial charge in [-0.15, -0.1) is 5.10 Å². The van der Waals surface area contributed by atoms with Crippen LogP contribution in [-0.2, 0) is 0 Å². The number of halogens is 1. The Kier molecular flexibility index (Phi) is 5.90. The molecule has 2 heterocycles. The number of carbonyl (C=O) groups excluding carboxylic acids is 1. The van der Waals surface area contributed by atoms with Gasteiger partial charge in [0.2, 0.25) is 0 Å². The zero-order valence-corrected chi connectivity index (χ0v) is 17.8. The molecule has 0 bridgehead atoms. The number of aromatic nitrogens is 3. The monoisotopic (exact) mass is 425 g/mol. The van der Waals surface area contributed by atoms with E-state index in [0.29, 0.717) is 36.1 Å². The van der Waals surface area contributed by atoms with E-state index in [9.17, 15) is 4.79 Å². The van der Waals surface area contributed by atoms with Gasteiger partial charge in [-0.2, -0.15) is 0 Å². The summed E-state index contributed by atoms with van der Waals surface area (Å²) >= 11 is 6.08. The molecular weight excluding hydrogens is 402 g/mol. The molecule has 4 rings (SSSR count). The van der Waals surface area contributed by atoms with Gasteiger partial charge in [0.25, 0.3) is 5.91 Å². The molecule has 0 N–H and O–H groups in total. The van der Waals surface area contributed by atoms with Gasteiger partial charge in [-0.1, -0.05) is 35.0 Å². The van der Waals surface area contributed by atoms with Crippen LogP contribution >= 0.6 is 11.6 Å². The summed E-state index contributed by atoms with van der Waals surface area (Å²) in [6.45, 7) is 7.14. The maximum absolute atomic E-state index is 13.1. The maximum atomic E-state index is 13.1. The lowest BCUT2D eigenvalue weighted by molar-refractivity contribution is 0.0740. The summed E-state index contributed by atoms with van der Waals surface area (Å²) in [4.78, 5) is 17.2. The number of benzene rings is 2. The number of nitrogens with zero attached hydrogens (tertiary/aromatic N) is 5. The normalized spacial score (nSPS) is 14.1. The minimum atomic E-state index is -0.0986. The molecule has 0 saturated carbocycles. The number of ether oxygens (including phenoxy) is 1. The van der Waals surface area contributed by atoms with Crippen LogP contribution in [0, 0.1) is 6.92 Å². The summed E-state index contributed by atoms with van der Waals surface area (Å²) in [7, 11) is 0. The average molecular weight is 426 g/mol. The fourth-order valence-electron chi connectivity index (χ4n) is 3.68. The Hall–Kier alpha value is -3.06. The molecule has 0 atom stereocenters. The molecule has 30 heavy (non-hydrogen) atoms. The second-order valence-corrected chi connectivity index (χ2v) is 7.53. The third-order valence-corrected chi connectivity index (χ3v) is 5.46. The molecule has 1 fully saturated rings. The van der Waals surface area contributed by atoms with Crippen molar-refractivity contribution in [3.05, 3.63) is 64.9 Å². The van der Waals surface area contributed by atoms with Crippen molar-refractivity contribution in [1.29, 1.82) is 0 Å². The number of carbonyl (C=O) groups is 1. The second-order valence-electron chi connectivity index (χ2n) is 7.10. The Morgan fingerprint density at radius 3 is 2.60 bits per heavy atom. The van der Waals surface area contributed by atoms with Crippen LogP contribution in [0.25, 0.3) is 5.69 Å². The molecule has 1 amide bonds. The highest BCUT2D eigenvalue weighted by molar-refractivity contribution is 6.30. The van der Waals surface area contributed by atoms with E-state index in [1.165, 1.54) is 0 Å². The Morgan fingerprint density at radius 1 is 1.10 bits per heavy atom. The third-order valence-electron chi connectivity index (χ3n) is 5.22. The van der Waals surface area contributed by atoms with E-state index in [0.717, 1.165) is 30.2 Å². The van der Waals surface area contributed by atoms with E-state index in [-0.39, 0.29) is 5.91 Å². The molecular formula is C22H24ClN5O2. The van der Waals surface area contributed by atoms with Gasteiger partial charge in [0.05, 0.1) is 23.7 Å². The fraction of sp³-hybridized carbons (Fsp3) is 0.318. The smallest absolute Gasteiger partial charge is 0.276 e. The summed E-state index contributed by atoms with van der Waals surface area (Å²) in [6, 6.07) is 15.3. The number of para-hydroxylation sites is 2. The molecule has 2 aromatic carbocycles. The quantitative estimate of drug-likeness (QED) is 0.625. The van der Waals surface area contributed by atoms with E-state index in [1.807, 2.05) is 49.1 Å². The van der Waals surface area contributed by atoms with Crippen molar-refractivity contribution in [3.63, 3.8) is 0 Å². The van der Waals surface area contributed by atoms with Crippen LogP contribution in [0.4, 0.5) is 5.69 Å². The molecule has 7 nitrogen and oxygen atoms in total. The molecule has 0 radical (unpaired) electrons. The highest BCUT2D eigenvalue weighted by atomic mass is 35.5. The van der Waals surface area contributed by atoms with E-state index in [1.54, 1.807) is 16.8 Å². The van der Waals surface area contributed by atoms with Crippen molar-refractivity contribution in [2.75, 3.05) is 37.7 Å². The van der Waals surface area contributed by atoms with Gasteiger partial charge >= 0.3 is 0 Å². The van der Waals surface area contributed by atoms with Crippen LogP contribution in [0.15, 0.2) is 48.5 Å². The second kappa shape index (κ2) is 8.75. The van der Waals surface area contributed by atoms with Crippen molar-refractivity contribution in [2.45, 2.75) is 13.8 Å². The lowest BCUT2D eigenvalue weighted by atomic mass is 10.2. The van der Waals surface area contributed by atoms with Crippen LogP contribution in [0.1, 0.15) is 23.1 Å². The molecule has 1 aliphatic heterocycles. The molecule has 156 valence electrons. The Morgan fingerprint density at radius 2 is 1.87 bits per heavy atom. The number of hydrogen-bond acceptors (Lipinski definition) is 5. The molecule has 1 aromatic heterocycles. The Balaban J connectivity index is 1.47. The van der Waals surface area contributed by atoms with Gasteiger partial charge in [-0.25, -0.2) is 4.68 Å². The van der Waals surface area contributed by atoms with Crippen LogP contribution in [-0.4, -0.2) is 58.6 Å². The summed E-state index contributed by atoms with van der Waals surface area (Å²) in [5.74, 6) is 0.776. The summed E-state index contributed by atoms with van der Waals surface area (Å²) in [5, 5.41) is 8.94. The van der Waals surface area contributed by atoms with Crippen molar-refractivity contribution in [3.8, 4) is 11.4 Å². The first kappa shape index (κ1) is 20.2. The molecule has 1 aliphatic rings. The van der Waals surface area contributed by atoms with Gasteiger partial charge in [-0.05, 0) is 44.2 Å². The average Bonchev–Trinajstić information content (AvgIpc) is 3.15. The van der Waals surface area contributed by atoms with Gasteiger partial charge < -0.3 is 14.5 Å². The minimum absolute atomic E-state index is 0.0986. The van der Waals surface area contributed by atoms with E-state index in [4.69, 9.17) is 16.3 Å². The first-order valence-electron chi connectivity index (χ1n) is 10.0. The van der Waals surface area contributed by atoms with Crippen molar-refractivity contribution >= 4 is 23.2 Å². The number of piperazine rings is 1. The molecule has 0 spiro atoms. The number of rotatable bonds is 5. The zero-order valence-electron chi connectivity index (χ0n) is 17.1. The van der Waals surface area contributed by atoms with Crippen molar-refractivity contribution in [2.24, 2.45) is 0 Å². The predicted molar refractivity (Wildman–Crippen MR) is 117 cm³/mol. The molecule has 0 unspecified atom stereocenters. The summed E-state index contributed by atoms with van der Waals surface area (Å²) < 4.78 is 7.40. The standard InChI is InChI=1S/C22H24ClN5O2/c1-3-30-20-10-5-4-9-19(20)26-11-13-27(14-12-26)22(29)21-16(2)28(25-24-21)18-8-6-7-17(23)15-18/h4-10,15H,3,11-14H2,1-2H3. The molecule has 1 saturated heterocycles. The maximum Gasteiger partial charge on any atom is 0.276 e. The van der Waals surface area contributed by atoms with E-state index in [2.05, 4.69) is 21.3 Å². The predicted octanol–water partition coefficient (Wildman–Crippen LogP) is 3.59. The van der Waals surface area contributed by atoms with Gasteiger partial charge in [0.1, 0.15) is 5.75 Å². The number of hydrogen-bond donors (Lipinski definition) is 0. The summed E-state index contributed by atoms with van der Waals surface area (Å²) in [5.41, 5.74) is 2.92. The largest absolute Gasteiger partial charge is 0.492 e. The van der Waals surface area contributed by atoms with Crippen LogP contribution in [0.3, 0.4) is 0 Å². The van der Waals surface area contributed by atoms with Crippen molar-refractivity contribution < 1.29 is 9.53 Å². The zero-order chi connectivity index (χ0) is 21.1. The number of anilines is 1. The number of amides is 1. The molecule has 8 heteroatoms. The highest BCUT2D eigenvalue weighted by Crippen LogP contribution is 2.29. The van der Waals surface area contributed by atoms with E-state index < -0.39 is 0 Å². The SMILES string of the molecule is CCOc1ccccc1N1CCN(C(=O)c2nnn(-c3cccc(Cl)c3)c2C)CC1. The summed E-state index contributed by atoms with van der Waals surface area (Å²) in [6.07, 6.45) is 0. The Labute approximate surface area is 180 Å². The van der Waals surface area contributed by atoms with Crippen LogP contribution < -0.4 is 9.64 Å². The van der Waals surface area contributed by atoms with Gasteiger partial charge in [-0.3, -0.25) is 4.79 Å². The van der Waals surface area contributed by atoms with Crippen molar-refractivity contribution in [1.82, 2.24) is 19.9 Å². The topological polar surface area (TPSA) is 63.5 Å². The third kappa shape index (κ3) is 3.98. The molecule has 3 aromatic rings. The fourth-order valence-corrected chi connectivity index (χ4v) is 3.86. The lowest BCUT2D eigenvalue weighted by Crippen LogP contribution is -2.49. The Bertz CT molecular complexity index is 1040.